The highest BCUT2D eigenvalue weighted by molar-refractivity contribution is 8.00. The van der Waals surface area contributed by atoms with E-state index in [1.807, 2.05) is 6.92 Å². The first-order valence-electron chi connectivity index (χ1n) is 6.16. The van der Waals surface area contributed by atoms with Crippen LogP contribution in [0.15, 0.2) is 0 Å². The molecule has 0 aromatic carbocycles. The van der Waals surface area contributed by atoms with Crippen LogP contribution in [-0.4, -0.2) is 36.2 Å². The van der Waals surface area contributed by atoms with Gasteiger partial charge >= 0.3 is 5.97 Å². The average molecular weight is 247 g/mol. The number of ether oxygens (including phenoxy) is 1. The van der Waals surface area contributed by atoms with Crippen molar-refractivity contribution >= 4 is 17.7 Å². The molecule has 2 unspecified atom stereocenters. The van der Waals surface area contributed by atoms with Crippen LogP contribution >= 0.6 is 11.8 Å². The van der Waals surface area contributed by atoms with Gasteiger partial charge in [-0.15, -0.1) is 11.8 Å². The van der Waals surface area contributed by atoms with Gasteiger partial charge in [0.2, 0.25) is 0 Å². The molecule has 0 fully saturated rings. The molecule has 0 aliphatic heterocycles. The maximum atomic E-state index is 11.2. The molecule has 0 heterocycles. The zero-order valence-electron chi connectivity index (χ0n) is 10.9. The van der Waals surface area contributed by atoms with Gasteiger partial charge in [0.25, 0.3) is 0 Å². The van der Waals surface area contributed by atoms with Crippen molar-refractivity contribution in [1.82, 2.24) is 5.32 Å². The Morgan fingerprint density at radius 1 is 1.38 bits per heavy atom. The Bertz CT molecular complexity index is 188. The molecule has 0 aromatic heterocycles. The molecule has 0 aliphatic carbocycles. The van der Waals surface area contributed by atoms with Crippen molar-refractivity contribution in [2.45, 2.75) is 51.8 Å². The van der Waals surface area contributed by atoms with Crippen molar-refractivity contribution in [3.05, 3.63) is 0 Å². The molecule has 96 valence electrons. The normalized spacial score (nSPS) is 14.5. The number of esters is 1. The lowest BCUT2D eigenvalue weighted by Gasteiger charge is -2.23. The lowest BCUT2D eigenvalue weighted by Crippen LogP contribution is -2.37. The van der Waals surface area contributed by atoms with Crippen molar-refractivity contribution in [1.29, 1.82) is 0 Å². The molecule has 0 radical (unpaired) electrons. The summed E-state index contributed by atoms with van der Waals surface area (Å²) < 4.78 is 4.91. The zero-order chi connectivity index (χ0) is 12.4. The van der Waals surface area contributed by atoms with Gasteiger partial charge in [-0.2, -0.15) is 0 Å². The minimum atomic E-state index is -0.107. The summed E-state index contributed by atoms with van der Waals surface area (Å²) in [5, 5.41) is 3.95. The summed E-state index contributed by atoms with van der Waals surface area (Å²) in [5.74, 6) is 0.351. The summed E-state index contributed by atoms with van der Waals surface area (Å²) in [5.41, 5.74) is 0. The number of nitrogens with one attached hydrogen (secondary N) is 1. The zero-order valence-corrected chi connectivity index (χ0v) is 11.7. The third-order valence-corrected chi connectivity index (χ3v) is 3.69. The fourth-order valence-corrected chi connectivity index (χ4v) is 2.49. The minimum Gasteiger partial charge on any atom is -0.465 e. The summed E-state index contributed by atoms with van der Waals surface area (Å²) in [4.78, 5) is 11.2. The van der Waals surface area contributed by atoms with Gasteiger partial charge in [-0.25, -0.2) is 0 Å². The minimum absolute atomic E-state index is 0.107. The number of hydrogen-bond donors (Lipinski definition) is 1. The quantitative estimate of drug-likeness (QED) is 0.635. The topological polar surface area (TPSA) is 38.3 Å². The Morgan fingerprint density at radius 3 is 2.56 bits per heavy atom. The Balaban J connectivity index is 3.82. The van der Waals surface area contributed by atoms with E-state index in [9.17, 15) is 4.79 Å². The van der Waals surface area contributed by atoms with E-state index in [1.54, 1.807) is 11.8 Å². The number of thioether (sulfide) groups is 1. The molecular formula is C12H25NO2S. The number of hydrogen-bond acceptors (Lipinski definition) is 4. The molecule has 0 rings (SSSR count). The van der Waals surface area contributed by atoms with E-state index in [0.29, 0.717) is 23.7 Å². The average Bonchev–Trinajstić information content (AvgIpc) is 2.28. The van der Waals surface area contributed by atoms with E-state index in [-0.39, 0.29) is 5.97 Å². The van der Waals surface area contributed by atoms with E-state index < -0.39 is 0 Å². The number of rotatable bonds is 9. The smallest absolute Gasteiger partial charge is 0.315 e. The second-order valence-corrected chi connectivity index (χ2v) is 5.16. The van der Waals surface area contributed by atoms with Crippen LogP contribution in [-0.2, 0) is 9.53 Å². The molecule has 0 saturated carbocycles. The molecule has 0 aromatic rings. The standard InChI is InChI=1S/C12H25NO2S/c1-5-8-13-11(6-2)10(4)16-9-12(14)15-7-3/h10-11,13H,5-9H2,1-4H3. The van der Waals surface area contributed by atoms with Gasteiger partial charge in [-0.05, 0) is 26.3 Å². The van der Waals surface area contributed by atoms with Gasteiger partial charge in [0.1, 0.15) is 0 Å². The van der Waals surface area contributed by atoms with Crippen LogP contribution in [0, 0.1) is 0 Å². The first-order valence-corrected chi connectivity index (χ1v) is 7.21. The molecule has 16 heavy (non-hydrogen) atoms. The first kappa shape index (κ1) is 15.8. The van der Waals surface area contributed by atoms with Crippen LogP contribution in [0.4, 0.5) is 0 Å². The third-order valence-electron chi connectivity index (χ3n) is 2.43. The molecular weight excluding hydrogens is 222 g/mol. The molecule has 0 bridgehead atoms. The SMILES string of the molecule is CCCNC(CC)C(C)SCC(=O)OCC. The third kappa shape index (κ3) is 7.12. The summed E-state index contributed by atoms with van der Waals surface area (Å²) in [6, 6.07) is 0.486. The van der Waals surface area contributed by atoms with Crippen LogP contribution in [0.1, 0.15) is 40.5 Å². The van der Waals surface area contributed by atoms with Crippen LogP contribution in [0.2, 0.25) is 0 Å². The molecule has 2 atom stereocenters. The van der Waals surface area contributed by atoms with Crippen LogP contribution in [0.25, 0.3) is 0 Å². The monoisotopic (exact) mass is 247 g/mol. The van der Waals surface area contributed by atoms with Crippen LogP contribution < -0.4 is 5.32 Å². The van der Waals surface area contributed by atoms with Crippen molar-refractivity contribution in [2.75, 3.05) is 18.9 Å². The Labute approximate surface area is 104 Å². The molecule has 0 amide bonds. The second-order valence-electron chi connectivity index (χ2n) is 3.79. The lowest BCUT2D eigenvalue weighted by molar-refractivity contribution is -0.139. The van der Waals surface area contributed by atoms with E-state index in [1.165, 1.54) is 0 Å². The van der Waals surface area contributed by atoms with Crippen molar-refractivity contribution < 1.29 is 9.53 Å². The second kappa shape index (κ2) is 9.97. The Morgan fingerprint density at radius 2 is 2.06 bits per heavy atom. The van der Waals surface area contributed by atoms with Crippen LogP contribution in [0.3, 0.4) is 0 Å². The van der Waals surface area contributed by atoms with E-state index in [0.717, 1.165) is 19.4 Å². The van der Waals surface area contributed by atoms with Crippen molar-refractivity contribution in [3.63, 3.8) is 0 Å². The molecule has 0 saturated heterocycles. The van der Waals surface area contributed by atoms with E-state index >= 15 is 0 Å². The van der Waals surface area contributed by atoms with Crippen molar-refractivity contribution in [3.8, 4) is 0 Å². The summed E-state index contributed by atoms with van der Waals surface area (Å²) in [6.07, 6.45) is 2.24. The lowest BCUT2D eigenvalue weighted by atomic mass is 10.1. The predicted octanol–water partition coefficient (Wildman–Crippen LogP) is 2.45. The van der Waals surface area contributed by atoms with Crippen LogP contribution in [0.5, 0.6) is 0 Å². The van der Waals surface area contributed by atoms with Gasteiger partial charge in [0.15, 0.2) is 0 Å². The van der Waals surface area contributed by atoms with Gasteiger partial charge in [-0.1, -0.05) is 20.8 Å². The molecule has 1 N–H and O–H groups in total. The highest BCUT2D eigenvalue weighted by Gasteiger charge is 2.16. The Kier molecular flexibility index (Phi) is 9.83. The van der Waals surface area contributed by atoms with Gasteiger partial charge < -0.3 is 10.1 Å². The van der Waals surface area contributed by atoms with Gasteiger partial charge in [-0.3, -0.25) is 4.79 Å². The Hall–Kier alpha value is -0.220. The van der Waals surface area contributed by atoms with Gasteiger partial charge in [0.05, 0.1) is 12.4 Å². The first-order chi connectivity index (χ1) is 7.65. The van der Waals surface area contributed by atoms with E-state index in [4.69, 9.17) is 4.74 Å². The highest BCUT2D eigenvalue weighted by Crippen LogP contribution is 2.16. The fraction of sp³-hybridized carbons (Fsp3) is 0.917. The predicted molar refractivity (Wildman–Crippen MR) is 70.9 cm³/mol. The maximum absolute atomic E-state index is 11.2. The van der Waals surface area contributed by atoms with Crippen molar-refractivity contribution in [2.24, 2.45) is 0 Å². The summed E-state index contributed by atoms with van der Waals surface area (Å²) in [6.45, 7) is 9.86. The largest absolute Gasteiger partial charge is 0.465 e. The maximum Gasteiger partial charge on any atom is 0.315 e. The number of carbonyl (C=O) groups is 1. The summed E-state index contributed by atoms with van der Waals surface area (Å²) >= 11 is 1.67. The molecule has 4 heteroatoms. The molecule has 3 nitrogen and oxygen atoms in total. The van der Waals surface area contributed by atoms with Gasteiger partial charge in [0, 0.05) is 11.3 Å². The number of carbonyl (C=O) groups excluding carboxylic acids is 1. The highest BCUT2D eigenvalue weighted by atomic mass is 32.2. The summed E-state index contributed by atoms with van der Waals surface area (Å²) in [7, 11) is 0. The molecule has 0 aliphatic rings. The fourth-order valence-electron chi connectivity index (χ4n) is 1.49. The van der Waals surface area contributed by atoms with E-state index in [2.05, 4.69) is 26.1 Å². The molecule has 0 spiro atoms.